The minimum absolute atomic E-state index is 0.147. The van der Waals surface area contributed by atoms with Crippen molar-refractivity contribution < 1.29 is 4.79 Å². The summed E-state index contributed by atoms with van der Waals surface area (Å²) in [7, 11) is 4.11. The maximum atomic E-state index is 11.5. The van der Waals surface area contributed by atoms with E-state index < -0.39 is 0 Å². The van der Waals surface area contributed by atoms with Gasteiger partial charge >= 0.3 is 0 Å². The summed E-state index contributed by atoms with van der Waals surface area (Å²) >= 11 is 0. The summed E-state index contributed by atoms with van der Waals surface area (Å²) in [5, 5.41) is 2.94. The molecule has 0 aliphatic carbocycles. The van der Waals surface area contributed by atoms with Crippen LogP contribution in [0.4, 0.5) is 0 Å². The molecular weight excluding hydrogens is 224 g/mol. The fourth-order valence-electron chi connectivity index (χ4n) is 1.75. The number of hydrogen-bond acceptors (Lipinski definition) is 2. The average molecular weight is 248 g/mol. The van der Waals surface area contributed by atoms with Gasteiger partial charge in [-0.1, -0.05) is 37.6 Å². The van der Waals surface area contributed by atoms with E-state index in [0.29, 0.717) is 13.0 Å². The molecule has 0 saturated heterocycles. The number of nitrogens with one attached hydrogen (secondary N) is 1. The quantitative estimate of drug-likeness (QED) is 0.804. The Kier molecular flexibility index (Phi) is 6.44. The van der Waals surface area contributed by atoms with Gasteiger partial charge in [0.25, 0.3) is 0 Å². The third-order valence-electron chi connectivity index (χ3n) is 2.77. The molecule has 0 fully saturated rings. The zero-order chi connectivity index (χ0) is 13.4. The number of rotatable bonds is 7. The minimum Gasteiger partial charge on any atom is -0.352 e. The minimum atomic E-state index is 0.147. The number of hydrogen-bond donors (Lipinski definition) is 1. The molecule has 18 heavy (non-hydrogen) atoms. The van der Waals surface area contributed by atoms with Crippen LogP contribution < -0.4 is 5.32 Å². The van der Waals surface area contributed by atoms with E-state index in [1.165, 1.54) is 5.56 Å². The maximum Gasteiger partial charge on any atom is 0.220 e. The average Bonchev–Trinajstić information content (AvgIpc) is 2.35. The number of carbonyl (C=O) groups is 1. The zero-order valence-corrected chi connectivity index (χ0v) is 11.7. The van der Waals surface area contributed by atoms with Crippen molar-refractivity contribution in [2.75, 3.05) is 14.1 Å². The standard InChI is InChI=1S/C15H24N2O/c1-4-5-6-15(18)16-11-13-7-9-14(10-8-13)12-17(2)3/h7-10H,4-6,11-12H2,1-3H3,(H,16,18). The molecule has 3 heteroatoms. The predicted molar refractivity (Wildman–Crippen MR) is 75.2 cm³/mol. The molecule has 0 aliphatic rings. The second-order valence-corrected chi connectivity index (χ2v) is 4.93. The molecule has 1 N–H and O–H groups in total. The number of carbonyl (C=O) groups excluding carboxylic acids is 1. The molecule has 0 bridgehead atoms. The number of nitrogens with zero attached hydrogens (tertiary/aromatic N) is 1. The van der Waals surface area contributed by atoms with Crippen LogP contribution in [0.25, 0.3) is 0 Å². The van der Waals surface area contributed by atoms with Gasteiger partial charge in [-0.05, 0) is 31.6 Å². The van der Waals surface area contributed by atoms with E-state index in [1.54, 1.807) is 0 Å². The van der Waals surface area contributed by atoms with Crippen molar-refractivity contribution in [2.24, 2.45) is 0 Å². The van der Waals surface area contributed by atoms with Gasteiger partial charge in [0.2, 0.25) is 5.91 Å². The van der Waals surface area contributed by atoms with Crippen LogP contribution in [0.2, 0.25) is 0 Å². The maximum absolute atomic E-state index is 11.5. The Morgan fingerprint density at radius 2 is 1.78 bits per heavy atom. The van der Waals surface area contributed by atoms with Gasteiger partial charge in [0.05, 0.1) is 0 Å². The first kappa shape index (κ1) is 14.7. The Hall–Kier alpha value is -1.35. The van der Waals surface area contributed by atoms with Crippen LogP contribution in [0.15, 0.2) is 24.3 Å². The van der Waals surface area contributed by atoms with Gasteiger partial charge in [0.15, 0.2) is 0 Å². The van der Waals surface area contributed by atoms with Gasteiger partial charge in [-0.2, -0.15) is 0 Å². The van der Waals surface area contributed by atoms with Crippen LogP contribution in [-0.2, 0) is 17.9 Å². The van der Waals surface area contributed by atoms with Gasteiger partial charge in [-0.3, -0.25) is 4.79 Å². The van der Waals surface area contributed by atoms with Gasteiger partial charge in [-0.25, -0.2) is 0 Å². The lowest BCUT2D eigenvalue weighted by Crippen LogP contribution is -2.22. The molecule has 0 atom stereocenters. The molecule has 3 nitrogen and oxygen atoms in total. The summed E-state index contributed by atoms with van der Waals surface area (Å²) in [5.74, 6) is 0.147. The third-order valence-corrected chi connectivity index (χ3v) is 2.77. The smallest absolute Gasteiger partial charge is 0.220 e. The monoisotopic (exact) mass is 248 g/mol. The van der Waals surface area contributed by atoms with Gasteiger partial charge < -0.3 is 10.2 Å². The topological polar surface area (TPSA) is 32.3 Å². The van der Waals surface area contributed by atoms with Crippen molar-refractivity contribution in [3.05, 3.63) is 35.4 Å². The summed E-state index contributed by atoms with van der Waals surface area (Å²) in [6.45, 7) is 3.67. The Bertz CT molecular complexity index is 357. The first-order valence-electron chi connectivity index (χ1n) is 6.61. The Balaban J connectivity index is 2.37. The number of benzene rings is 1. The van der Waals surface area contributed by atoms with Crippen LogP contribution in [0.5, 0.6) is 0 Å². The molecule has 1 rings (SSSR count). The SMILES string of the molecule is CCCCC(=O)NCc1ccc(CN(C)C)cc1. The first-order valence-corrected chi connectivity index (χ1v) is 6.61. The highest BCUT2D eigenvalue weighted by Crippen LogP contribution is 2.06. The molecule has 0 saturated carbocycles. The van der Waals surface area contributed by atoms with E-state index in [0.717, 1.165) is 24.9 Å². The van der Waals surface area contributed by atoms with Gasteiger partial charge in [0.1, 0.15) is 0 Å². The van der Waals surface area contributed by atoms with E-state index in [2.05, 4.69) is 55.5 Å². The highest BCUT2D eigenvalue weighted by atomic mass is 16.1. The van der Waals surface area contributed by atoms with Crippen molar-refractivity contribution in [3.8, 4) is 0 Å². The van der Waals surface area contributed by atoms with E-state index in [4.69, 9.17) is 0 Å². The van der Waals surface area contributed by atoms with Gasteiger partial charge in [0, 0.05) is 19.5 Å². The molecular formula is C15H24N2O. The fourth-order valence-corrected chi connectivity index (χ4v) is 1.75. The van der Waals surface area contributed by atoms with Crippen LogP contribution in [0, 0.1) is 0 Å². The van der Waals surface area contributed by atoms with Crippen molar-refractivity contribution >= 4 is 5.91 Å². The highest BCUT2D eigenvalue weighted by molar-refractivity contribution is 5.75. The van der Waals surface area contributed by atoms with E-state index in [9.17, 15) is 4.79 Å². The summed E-state index contributed by atoms with van der Waals surface area (Å²) in [6, 6.07) is 8.40. The predicted octanol–water partition coefficient (Wildman–Crippen LogP) is 2.55. The van der Waals surface area contributed by atoms with Crippen LogP contribution >= 0.6 is 0 Å². The lowest BCUT2D eigenvalue weighted by atomic mass is 10.1. The van der Waals surface area contributed by atoms with Crippen molar-refractivity contribution in [1.29, 1.82) is 0 Å². The van der Waals surface area contributed by atoms with Crippen molar-refractivity contribution in [2.45, 2.75) is 39.3 Å². The summed E-state index contributed by atoms with van der Waals surface area (Å²) in [4.78, 5) is 13.6. The Morgan fingerprint density at radius 1 is 1.17 bits per heavy atom. The highest BCUT2D eigenvalue weighted by Gasteiger charge is 2.01. The summed E-state index contributed by atoms with van der Waals surface area (Å²) < 4.78 is 0. The molecule has 100 valence electrons. The molecule has 0 spiro atoms. The van der Waals surface area contributed by atoms with Crippen LogP contribution in [0.3, 0.4) is 0 Å². The molecule has 0 heterocycles. The van der Waals surface area contributed by atoms with E-state index in [1.807, 2.05) is 0 Å². The van der Waals surface area contributed by atoms with Crippen LogP contribution in [0.1, 0.15) is 37.3 Å². The molecule has 1 aromatic carbocycles. The summed E-state index contributed by atoms with van der Waals surface area (Å²) in [6.07, 6.45) is 2.66. The second-order valence-electron chi connectivity index (χ2n) is 4.93. The van der Waals surface area contributed by atoms with Gasteiger partial charge in [-0.15, -0.1) is 0 Å². The third kappa shape index (κ3) is 5.82. The molecule has 0 radical (unpaired) electrons. The van der Waals surface area contributed by atoms with Crippen LogP contribution in [-0.4, -0.2) is 24.9 Å². The van der Waals surface area contributed by atoms with Crippen molar-refractivity contribution in [1.82, 2.24) is 10.2 Å². The lowest BCUT2D eigenvalue weighted by molar-refractivity contribution is -0.121. The number of unbranched alkanes of at least 4 members (excludes halogenated alkanes) is 1. The number of amides is 1. The largest absolute Gasteiger partial charge is 0.352 e. The molecule has 0 unspecified atom stereocenters. The fraction of sp³-hybridized carbons (Fsp3) is 0.533. The first-order chi connectivity index (χ1) is 8.61. The molecule has 0 aromatic heterocycles. The molecule has 0 aliphatic heterocycles. The van der Waals surface area contributed by atoms with E-state index >= 15 is 0 Å². The van der Waals surface area contributed by atoms with Crippen molar-refractivity contribution in [3.63, 3.8) is 0 Å². The lowest BCUT2D eigenvalue weighted by Gasteiger charge is -2.10. The summed E-state index contributed by atoms with van der Waals surface area (Å²) in [5.41, 5.74) is 2.45. The molecule has 1 aromatic rings. The normalized spacial score (nSPS) is 10.7. The Labute approximate surface area is 110 Å². The molecule has 1 amide bonds. The zero-order valence-electron chi connectivity index (χ0n) is 11.7. The second kappa shape index (κ2) is 7.88. The Morgan fingerprint density at radius 3 is 2.33 bits per heavy atom. The van der Waals surface area contributed by atoms with E-state index in [-0.39, 0.29) is 5.91 Å².